The smallest absolute Gasteiger partial charge is 0.0579 e. The van der Waals surface area contributed by atoms with E-state index in [1.54, 1.807) is 0 Å². The van der Waals surface area contributed by atoms with Crippen LogP contribution in [0.3, 0.4) is 0 Å². The molecule has 0 radical (unpaired) electrons. The second kappa shape index (κ2) is 5.29. The van der Waals surface area contributed by atoms with E-state index in [0.717, 1.165) is 18.7 Å². The minimum Gasteiger partial charge on any atom is -0.276 e. The first-order valence-corrected chi connectivity index (χ1v) is 5.86. The summed E-state index contributed by atoms with van der Waals surface area (Å²) in [6, 6.07) is 0.424. The van der Waals surface area contributed by atoms with Crippen LogP contribution in [0.4, 0.5) is 0 Å². The van der Waals surface area contributed by atoms with Gasteiger partial charge >= 0.3 is 0 Å². The molecule has 15 heavy (non-hydrogen) atoms. The Kier molecular flexibility index (Phi) is 4.30. The Balaban J connectivity index is 2.69. The molecule has 0 bridgehead atoms. The number of hydrogen-bond acceptors (Lipinski definition) is 3. The van der Waals surface area contributed by atoms with Crippen molar-refractivity contribution >= 4 is 0 Å². The van der Waals surface area contributed by atoms with E-state index in [0.29, 0.717) is 17.9 Å². The molecule has 0 amide bonds. The third-order valence-electron chi connectivity index (χ3n) is 3.07. The minimum atomic E-state index is 0.424. The summed E-state index contributed by atoms with van der Waals surface area (Å²) in [7, 11) is 0. The van der Waals surface area contributed by atoms with Gasteiger partial charge in [-0.3, -0.25) is 5.01 Å². The van der Waals surface area contributed by atoms with E-state index in [-0.39, 0.29) is 0 Å². The summed E-state index contributed by atoms with van der Waals surface area (Å²) >= 11 is 0. The zero-order valence-electron chi connectivity index (χ0n) is 10.4. The molecule has 3 heteroatoms. The highest BCUT2D eigenvalue weighted by molar-refractivity contribution is 4.93. The number of hydrogen-bond donors (Lipinski definition) is 0. The SMILES string of the molecule is C=C1CC(C(C)C)CCN(C(C)C)/N=N\1. The molecule has 0 spiro atoms. The van der Waals surface area contributed by atoms with Crippen LogP contribution in [-0.2, 0) is 0 Å². The molecule has 1 rings (SSSR count). The van der Waals surface area contributed by atoms with Crippen LogP contribution in [0.15, 0.2) is 22.6 Å². The van der Waals surface area contributed by atoms with Crippen molar-refractivity contribution in [3.05, 3.63) is 12.3 Å². The van der Waals surface area contributed by atoms with Crippen molar-refractivity contribution in [2.24, 2.45) is 22.2 Å². The van der Waals surface area contributed by atoms with Crippen LogP contribution < -0.4 is 0 Å². The van der Waals surface area contributed by atoms with Crippen molar-refractivity contribution in [1.82, 2.24) is 5.01 Å². The summed E-state index contributed by atoms with van der Waals surface area (Å²) in [5.41, 5.74) is 0.916. The Bertz CT molecular complexity index is 243. The van der Waals surface area contributed by atoms with Gasteiger partial charge in [-0.15, -0.1) is 5.11 Å². The van der Waals surface area contributed by atoms with E-state index in [2.05, 4.69) is 49.6 Å². The molecule has 1 aliphatic rings. The maximum atomic E-state index is 4.22. The van der Waals surface area contributed by atoms with Crippen molar-refractivity contribution in [2.75, 3.05) is 6.54 Å². The van der Waals surface area contributed by atoms with Crippen molar-refractivity contribution in [3.8, 4) is 0 Å². The van der Waals surface area contributed by atoms with Gasteiger partial charge < -0.3 is 0 Å². The normalized spacial score (nSPS) is 25.6. The first kappa shape index (κ1) is 12.2. The maximum Gasteiger partial charge on any atom is 0.0579 e. The Labute approximate surface area is 93.2 Å². The minimum absolute atomic E-state index is 0.424. The molecule has 1 aliphatic heterocycles. The molecule has 0 N–H and O–H groups in total. The molecule has 0 saturated heterocycles. The Hall–Kier alpha value is -0.860. The van der Waals surface area contributed by atoms with Gasteiger partial charge in [-0.05, 0) is 38.5 Å². The molecule has 3 nitrogen and oxygen atoms in total. The van der Waals surface area contributed by atoms with E-state index in [4.69, 9.17) is 0 Å². The van der Waals surface area contributed by atoms with Gasteiger partial charge in [0.05, 0.1) is 5.70 Å². The standard InChI is InChI=1S/C12H23N3/c1-9(2)12-6-7-15(10(3)4)14-13-11(5)8-12/h9-10,12H,5-8H2,1-4H3/b14-13-. The first-order valence-electron chi connectivity index (χ1n) is 5.86. The highest BCUT2D eigenvalue weighted by atomic mass is 15.5. The topological polar surface area (TPSA) is 28.0 Å². The zero-order chi connectivity index (χ0) is 11.4. The summed E-state index contributed by atoms with van der Waals surface area (Å²) in [5, 5.41) is 10.4. The lowest BCUT2D eigenvalue weighted by molar-refractivity contribution is 0.178. The van der Waals surface area contributed by atoms with Crippen LogP contribution in [-0.4, -0.2) is 17.6 Å². The van der Waals surface area contributed by atoms with Gasteiger partial charge in [0.2, 0.25) is 0 Å². The van der Waals surface area contributed by atoms with Crippen LogP contribution >= 0.6 is 0 Å². The average Bonchev–Trinajstić information content (AvgIpc) is 2.10. The number of rotatable bonds is 2. The summed E-state index contributed by atoms with van der Waals surface area (Å²) in [5.74, 6) is 1.39. The zero-order valence-corrected chi connectivity index (χ0v) is 10.4. The van der Waals surface area contributed by atoms with Crippen LogP contribution in [0.2, 0.25) is 0 Å². The van der Waals surface area contributed by atoms with Gasteiger partial charge in [0.15, 0.2) is 0 Å². The van der Waals surface area contributed by atoms with E-state index in [1.165, 1.54) is 6.42 Å². The van der Waals surface area contributed by atoms with E-state index in [1.807, 2.05) is 0 Å². The van der Waals surface area contributed by atoms with Gasteiger partial charge in [0, 0.05) is 12.6 Å². The lowest BCUT2D eigenvalue weighted by atomic mass is 9.88. The predicted octanol–water partition coefficient (Wildman–Crippen LogP) is 3.64. The van der Waals surface area contributed by atoms with Crippen LogP contribution in [0.1, 0.15) is 40.5 Å². The van der Waals surface area contributed by atoms with Crippen molar-refractivity contribution in [1.29, 1.82) is 0 Å². The molecule has 0 aromatic carbocycles. The monoisotopic (exact) mass is 209 g/mol. The van der Waals surface area contributed by atoms with Gasteiger partial charge in [-0.2, -0.15) is 0 Å². The van der Waals surface area contributed by atoms with Crippen molar-refractivity contribution < 1.29 is 0 Å². The quantitative estimate of drug-likeness (QED) is 0.682. The van der Waals surface area contributed by atoms with Crippen LogP contribution in [0.25, 0.3) is 0 Å². The maximum absolute atomic E-state index is 4.22. The van der Waals surface area contributed by atoms with Gasteiger partial charge in [0.1, 0.15) is 0 Å². The van der Waals surface area contributed by atoms with E-state index in [9.17, 15) is 0 Å². The second-order valence-corrected chi connectivity index (χ2v) is 5.01. The molecule has 0 aromatic rings. The fourth-order valence-electron chi connectivity index (χ4n) is 1.84. The van der Waals surface area contributed by atoms with Gasteiger partial charge in [-0.1, -0.05) is 25.6 Å². The summed E-state index contributed by atoms with van der Waals surface area (Å²) < 4.78 is 0. The molecule has 86 valence electrons. The average molecular weight is 209 g/mol. The summed E-state index contributed by atoms with van der Waals surface area (Å²) in [4.78, 5) is 0. The summed E-state index contributed by atoms with van der Waals surface area (Å²) in [6.07, 6.45) is 2.18. The molecule has 0 saturated carbocycles. The largest absolute Gasteiger partial charge is 0.276 e. The molecule has 0 aliphatic carbocycles. The third-order valence-corrected chi connectivity index (χ3v) is 3.07. The molecule has 1 unspecified atom stereocenters. The fraction of sp³-hybridized carbons (Fsp3) is 0.833. The highest BCUT2D eigenvalue weighted by Crippen LogP contribution is 2.26. The highest BCUT2D eigenvalue weighted by Gasteiger charge is 2.19. The molecule has 1 atom stereocenters. The van der Waals surface area contributed by atoms with Crippen molar-refractivity contribution in [3.63, 3.8) is 0 Å². The predicted molar refractivity (Wildman–Crippen MR) is 63.4 cm³/mol. The number of nitrogens with zero attached hydrogens (tertiary/aromatic N) is 3. The molecular formula is C12H23N3. The van der Waals surface area contributed by atoms with Gasteiger partial charge in [-0.25, -0.2) is 0 Å². The van der Waals surface area contributed by atoms with Crippen LogP contribution in [0.5, 0.6) is 0 Å². The fourth-order valence-corrected chi connectivity index (χ4v) is 1.84. The Morgan fingerprint density at radius 2 is 2.00 bits per heavy atom. The lowest BCUT2D eigenvalue weighted by Crippen LogP contribution is -2.29. The van der Waals surface area contributed by atoms with Gasteiger partial charge in [0.25, 0.3) is 0 Å². The summed E-state index contributed by atoms with van der Waals surface area (Å²) in [6.45, 7) is 13.8. The van der Waals surface area contributed by atoms with E-state index < -0.39 is 0 Å². The third kappa shape index (κ3) is 3.65. The second-order valence-electron chi connectivity index (χ2n) is 5.01. The molecule has 0 aromatic heterocycles. The molecule has 0 fully saturated rings. The Morgan fingerprint density at radius 3 is 2.53 bits per heavy atom. The van der Waals surface area contributed by atoms with E-state index >= 15 is 0 Å². The van der Waals surface area contributed by atoms with Crippen LogP contribution in [0, 0.1) is 11.8 Å². The Morgan fingerprint density at radius 1 is 1.33 bits per heavy atom. The first-order chi connectivity index (χ1) is 7.00. The van der Waals surface area contributed by atoms with Crippen molar-refractivity contribution in [2.45, 2.75) is 46.6 Å². The lowest BCUT2D eigenvalue weighted by Gasteiger charge is -2.28. The molecule has 1 heterocycles. The molecular weight excluding hydrogens is 186 g/mol. The number of allylic oxidation sites excluding steroid dienone is 1.